The summed E-state index contributed by atoms with van der Waals surface area (Å²) in [4.78, 5) is 29.3. The van der Waals surface area contributed by atoms with Crippen LogP contribution in [-0.2, 0) is 16.1 Å². The monoisotopic (exact) mass is 309 g/mol. The van der Waals surface area contributed by atoms with E-state index in [0.29, 0.717) is 19.4 Å². The van der Waals surface area contributed by atoms with Crippen LogP contribution in [0.25, 0.3) is 0 Å². The van der Waals surface area contributed by atoms with Crippen LogP contribution >= 0.6 is 11.3 Å². The second-order valence-corrected chi connectivity index (χ2v) is 6.49. The second-order valence-electron chi connectivity index (χ2n) is 5.61. The van der Waals surface area contributed by atoms with Crippen molar-refractivity contribution >= 4 is 28.2 Å². The molecule has 2 aliphatic rings. The number of hydroxylamine groups is 2. The quantitative estimate of drug-likeness (QED) is 0.831. The lowest BCUT2D eigenvalue weighted by Gasteiger charge is -2.37. The summed E-state index contributed by atoms with van der Waals surface area (Å²) in [6, 6.07) is 0. The SMILES string of the molecule is CCCNc1scc2c1CN([C@@]1(C)CCC(=O)NC1=O)O2. The zero-order chi connectivity index (χ0) is 15.0. The number of thiophene rings is 1. The maximum Gasteiger partial charge on any atom is 0.250 e. The minimum atomic E-state index is -0.799. The number of piperidine rings is 1. The normalized spacial score (nSPS) is 25.4. The zero-order valence-corrected chi connectivity index (χ0v) is 13.0. The Balaban J connectivity index is 1.76. The molecule has 0 aromatic carbocycles. The van der Waals surface area contributed by atoms with Crippen molar-refractivity contribution < 1.29 is 14.4 Å². The molecule has 7 heteroatoms. The molecule has 0 bridgehead atoms. The first-order chi connectivity index (χ1) is 10.0. The van der Waals surface area contributed by atoms with Crippen molar-refractivity contribution in [2.45, 2.75) is 45.2 Å². The summed E-state index contributed by atoms with van der Waals surface area (Å²) >= 11 is 1.62. The number of nitrogens with zero attached hydrogens (tertiary/aromatic N) is 1. The first-order valence-electron chi connectivity index (χ1n) is 7.18. The third-order valence-electron chi connectivity index (χ3n) is 4.03. The first-order valence-corrected chi connectivity index (χ1v) is 8.06. The predicted octanol–water partition coefficient (Wildman–Crippen LogP) is 1.87. The fraction of sp³-hybridized carbons (Fsp3) is 0.571. The molecule has 114 valence electrons. The Bertz CT molecular complexity index is 586. The van der Waals surface area contributed by atoms with Gasteiger partial charge in [-0.2, -0.15) is 0 Å². The molecule has 0 radical (unpaired) electrons. The van der Waals surface area contributed by atoms with Crippen molar-refractivity contribution in [2.24, 2.45) is 0 Å². The van der Waals surface area contributed by atoms with E-state index in [-0.39, 0.29) is 11.8 Å². The average Bonchev–Trinajstić information content (AvgIpc) is 3.02. The molecule has 2 aliphatic heterocycles. The van der Waals surface area contributed by atoms with E-state index in [1.807, 2.05) is 12.3 Å². The van der Waals surface area contributed by atoms with Crippen molar-refractivity contribution in [3.8, 4) is 5.75 Å². The summed E-state index contributed by atoms with van der Waals surface area (Å²) in [5.41, 5.74) is 0.298. The highest BCUT2D eigenvalue weighted by Crippen LogP contribution is 2.43. The molecule has 1 aromatic rings. The molecule has 6 nitrogen and oxygen atoms in total. The van der Waals surface area contributed by atoms with Crippen LogP contribution in [0.4, 0.5) is 5.00 Å². The molecule has 2 N–H and O–H groups in total. The number of hydrogen-bond donors (Lipinski definition) is 2. The van der Waals surface area contributed by atoms with Gasteiger partial charge in [0.15, 0.2) is 5.75 Å². The molecule has 0 saturated carbocycles. The molecule has 2 amide bonds. The van der Waals surface area contributed by atoms with Crippen molar-refractivity contribution in [1.29, 1.82) is 0 Å². The molecule has 1 atom stereocenters. The van der Waals surface area contributed by atoms with Gasteiger partial charge in [0.05, 0.1) is 11.5 Å². The number of imide groups is 1. The molecule has 1 saturated heterocycles. The van der Waals surface area contributed by atoms with E-state index in [0.717, 1.165) is 29.3 Å². The summed E-state index contributed by atoms with van der Waals surface area (Å²) in [5, 5.41) is 10.5. The lowest BCUT2D eigenvalue weighted by Crippen LogP contribution is -2.60. The van der Waals surface area contributed by atoms with Crippen molar-refractivity contribution in [3.05, 3.63) is 10.9 Å². The molecule has 1 fully saturated rings. The third kappa shape index (κ3) is 2.40. The van der Waals surface area contributed by atoms with E-state index in [2.05, 4.69) is 17.6 Å². The van der Waals surface area contributed by atoms with Gasteiger partial charge in [0.2, 0.25) is 11.8 Å². The highest BCUT2D eigenvalue weighted by atomic mass is 32.1. The number of rotatable bonds is 4. The average molecular weight is 309 g/mol. The van der Waals surface area contributed by atoms with Crippen LogP contribution in [0.3, 0.4) is 0 Å². The Labute approximate surface area is 127 Å². The number of carbonyl (C=O) groups excluding carboxylic acids is 2. The van der Waals surface area contributed by atoms with Gasteiger partial charge in [0.25, 0.3) is 0 Å². The molecule has 0 unspecified atom stereocenters. The van der Waals surface area contributed by atoms with E-state index in [4.69, 9.17) is 4.84 Å². The van der Waals surface area contributed by atoms with E-state index >= 15 is 0 Å². The van der Waals surface area contributed by atoms with Gasteiger partial charge in [-0.1, -0.05) is 6.92 Å². The number of anilines is 1. The molecule has 21 heavy (non-hydrogen) atoms. The Morgan fingerprint density at radius 2 is 2.33 bits per heavy atom. The standard InChI is InChI=1S/C14H19N3O3S/c1-3-6-15-12-9-7-17(20-10(9)8-21-12)14(2)5-4-11(18)16-13(14)19/h8,15H,3-7H2,1-2H3,(H,16,18,19)/t14-/m0/s1. The number of amides is 2. The fourth-order valence-electron chi connectivity index (χ4n) is 2.58. The number of nitrogens with one attached hydrogen (secondary N) is 2. The highest BCUT2D eigenvalue weighted by molar-refractivity contribution is 7.14. The van der Waals surface area contributed by atoms with Gasteiger partial charge in [-0.25, -0.2) is 0 Å². The van der Waals surface area contributed by atoms with Crippen LogP contribution in [0.2, 0.25) is 0 Å². The molecule has 3 heterocycles. The van der Waals surface area contributed by atoms with Gasteiger partial charge in [-0.05, 0) is 19.8 Å². The first kappa shape index (κ1) is 14.3. The summed E-state index contributed by atoms with van der Waals surface area (Å²) in [5.74, 6) is 0.316. The molecule has 3 rings (SSSR count). The lowest BCUT2D eigenvalue weighted by molar-refractivity contribution is -0.169. The van der Waals surface area contributed by atoms with Crippen LogP contribution in [0.15, 0.2) is 5.38 Å². The number of hydrogen-bond acceptors (Lipinski definition) is 6. The van der Waals surface area contributed by atoms with Gasteiger partial charge >= 0.3 is 0 Å². The maximum absolute atomic E-state index is 12.2. The van der Waals surface area contributed by atoms with Crippen molar-refractivity contribution in [2.75, 3.05) is 11.9 Å². The fourth-order valence-corrected chi connectivity index (χ4v) is 3.48. The van der Waals surface area contributed by atoms with Gasteiger partial charge in [-0.15, -0.1) is 16.4 Å². The van der Waals surface area contributed by atoms with Crippen LogP contribution in [0, 0.1) is 0 Å². The van der Waals surface area contributed by atoms with Gasteiger partial charge in [-0.3, -0.25) is 14.9 Å². The van der Waals surface area contributed by atoms with Crippen LogP contribution in [0.1, 0.15) is 38.7 Å². The summed E-state index contributed by atoms with van der Waals surface area (Å²) in [6.07, 6.45) is 1.87. The van der Waals surface area contributed by atoms with Crippen LogP contribution < -0.4 is 15.5 Å². The minimum absolute atomic E-state index is 0.212. The predicted molar refractivity (Wildman–Crippen MR) is 80.1 cm³/mol. The summed E-state index contributed by atoms with van der Waals surface area (Å²) in [7, 11) is 0. The van der Waals surface area contributed by atoms with Gasteiger partial charge < -0.3 is 10.2 Å². The smallest absolute Gasteiger partial charge is 0.250 e. The van der Waals surface area contributed by atoms with Crippen molar-refractivity contribution in [1.82, 2.24) is 10.4 Å². The number of carbonyl (C=O) groups is 2. The summed E-state index contributed by atoms with van der Waals surface area (Å²) < 4.78 is 0. The Kier molecular flexibility index (Phi) is 3.62. The maximum atomic E-state index is 12.2. The largest absolute Gasteiger partial charge is 0.403 e. The minimum Gasteiger partial charge on any atom is -0.403 e. The number of fused-ring (bicyclic) bond motifs is 1. The van der Waals surface area contributed by atoms with Crippen LogP contribution in [-0.4, -0.2) is 29.0 Å². The Morgan fingerprint density at radius 3 is 3.05 bits per heavy atom. The zero-order valence-electron chi connectivity index (χ0n) is 12.2. The Morgan fingerprint density at radius 1 is 1.52 bits per heavy atom. The highest BCUT2D eigenvalue weighted by Gasteiger charge is 2.48. The molecular formula is C14H19N3O3S. The lowest BCUT2D eigenvalue weighted by atomic mass is 9.90. The van der Waals surface area contributed by atoms with Gasteiger partial charge in [0, 0.05) is 23.9 Å². The van der Waals surface area contributed by atoms with E-state index in [1.165, 1.54) is 0 Å². The van der Waals surface area contributed by atoms with E-state index < -0.39 is 5.54 Å². The third-order valence-corrected chi connectivity index (χ3v) is 4.99. The molecular weight excluding hydrogens is 290 g/mol. The second kappa shape index (κ2) is 5.31. The van der Waals surface area contributed by atoms with E-state index in [9.17, 15) is 9.59 Å². The van der Waals surface area contributed by atoms with Crippen molar-refractivity contribution in [3.63, 3.8) is 0 Å². The van der Waals surface area contributed by atoms with Gasteiger partial charge in [0.1, 0.15) is 5.54 Å². The summed E-state index contributed by atoms with van der Waals surface area (Å²) in [6.45, 7) is 5.42. The molecule has 0 aliphatic carbocycles. The van der Waals surface area contributed by atoms with Crippen LogP contribution in [0.5, 0.6) is 5.75 Å². The topological polar surface area (TPSA) is 70.7 Å². The van der Waals surface area contributed by atoms with E-state index in [1.54, 1.807) is 16.4 Å². The molecule has 0 spiro atoms. The molecule has 1 aromatic heterocycles. The Hall–Kier alpha value is -1.60.